The Hall–Kier alpha value is -1.20. The number of thiazole rings is 1. The average molecular weight is 257 g/mol. The van der Waals surface area contributed by atoms with E-state index in [4.69, 9.17) is 11.5 Å². The standard InChI is InChI=1S/C8H4F5NOS/c1-2-5(15)4-3-16-6(14-4)7(9,10)8(11,12)13/h1,3,5,15H. The Balaban J connectivity index is 3.08. The SMILES string of the molecule is C#CC(O)c1csc(C(F)(F)C(F)(F)F)n1. The smallest absolute Gasteiger partial charge is 0.374 e. The molecule has 0 amide bonds. The molecule has 1 atom stereocenters. The van der Waals surface area contributed by atoms with Crippen molar-refractivity contribution in [3.8, 4) is 12.3 Å². The Kier molecular flexibility index (Phi) is 3.21. The van der Waals surface area contributed by atoms with Gasteiger partial charge in [-0.2, -0.15) is 22.0 Å². The topological polar surface area (TPSA) is 33.1 Å². The van der Waals surface area contributed by atoms with E-state index in [1.807, 2.05) is 0 Å². The average Bonchev–Trinajstić information content (AvgIpc) is 2.64. The molecular formula is C8H4F5NOS. The molecule has 1 N–H and O–H groups in total. The third kappa shape index (κ3) is 2.15. The number of nitrogens with zero attached hydrogens (tertiary/aromatic N) is 1. The molecule has 1 aromatic heterocycles. The Labute approximate surface area is 90.7 Å². The van der Waals surface area contributed by atoms with E-state index in [0.29, 0.717) is 0 Å². The number of aromatic nitrogens is 1. The number of rotatable bonds is 2. The van der Waals surface area contributed by atoms with Crippen molar-refractivity contribution in [2.45, 2.75) is 18.2 Å². The molecule has 0 fully saturated rings. The van der Waals surface area contributed by atoms with E-state index in [-0.39, 0.29) is 11.3 Å². The van der Waals surface area contributed by atoms with Crippen LogP contribution in [0.2, 0.25) is 0 Å². The second-order valence-electron chi connectivity index (χ2n) is 2.72. The van der Waals surface area contributed by atoms with Crippen LogP contribution in [-0.4, -0.2) is 16.3 Å². The minimum absolute atomic E-state index is 0.0904. The summed E-state index contributed by atoms with van der Waals surface area (Å²) in [5, 5.41) is 8.41. The molecule has 0 radical (unpaired) electrons. The van der Waals surface area contributed by atoms with Gasteiger partial charge in [0.15, 0.2) is 11.1 Å². The van der Waals surface area contributed by atoms with Gasteiger partial charge in [-0.1, -0.05) is 5.92 Å². The Morgan fingerprint density at radius 3 is 2.38 bits per heavy atom. The molecule has 0 aromatic carbocycles. The van der Waals surface area contributed by atoms with Crippen molar-refractivity contribution < 1.29 is 27.1 Å². The van der Waals surface area contributed by atoms with Gasteiger partial charge in [0.25, 0.3) is 0 Å². The summed E-state index contributed by atoms with van der Waals surface area (Å²) in [4.78, 5) is 2.98. The third-order valence-corrected chi connectivity index (χ3v) is 2.51. The highest BCUT2D eigenvalue weighted by atomic mass is 32.1. The van der Waals surface area contributed by atoms with E-state index in [2.05, 4.69) is 4.98 Å². The Morgan fingerprint density at radius 1 is 1.38 bits per heavy atom. The normalized spacial score (nSPS) is 14.6. The molecule has 1 heterocycles. The predicted octanol–water partition coefficient (Wildman–Crippen LogP) is 2.46. The van der Waals surface area contributed by atoms with Crippen LogP contribution in [0.25, 0.3) is 0 Å². The summed E-state index contributed by atoms with van der Waals surface area (Å²) >= 11 is 0.0904. The van der Waals surface area contributed by atoms with Crippen molar-refractivity contribution in [1.29, 1.82) is 0 Å². The Morgan fingerprint density at radius 2 is 1.94 bits per heavy atom. The molecule has 0 aliphatic heterocycles. The molecule has 88 valence electrons. The van der Waals surface area contributed by atoms with E-state index in [0.717, 1.165) is 5.38 Å². The zero-order valence-electron chi connectivity index (χ0n) is 7.42. The quantitative estimate of drug-likeness (QED) is 0.652. The summed E-state index contributed by atoms with van der Waals surface area (Å²) in [6.07, 6.45) is -2.54. The van der Waals surface area contributed by atoms with Crippen molar-refractivity contribution in [3.63, 3.8) is 0 Å². The second-order valence-corrected chi connectivity index (χ2v) is 3.58. The fraction of sp³-hybridized carbons (Fsp3) is 0.375. The first kappa shape index (κ1) is 12.9. The van der Waals surface area contributed by atoms with E-state index >= 15 is 0 Å². The van der Waals surface area contributed by atoms with Crippen molar-refractivity contribution in [2.24, 2.45) is 0 Å². The molecule has 0 bridgehead atoms. The third-order valence-electron chi connectivity index (χ3n) is 1.58. The molecule has 2 nitrogen and oxygen atoms in total. The number of halogens is 5. The van der Waals surface area contributed by atoms with Gasteiger partial charge in [0.05, 0.1) is 5.69 Å². The molecule has 0 saturated heterocycles. The summed E-state index contributed by atoms with van der Waals surface area (Å²) in [7, 11) is 0. The maximum atomic E-state index is 12.7. The highest BCUT2D eigenvalue weighted by Crippen LogP contribution is 2.45. The maximum absolute atomic E-state index is 12.7. The lowest BCUT2D eigenvalue weighted by molar-refractivity contribution is -0.289. The first-order valence-electron chi connectivity index (χ1n) is 3.74. The maximum Gasteiger partial charge on any atom is 0.460 e. The van der Waals surface area contributed by atoms with Crippen LogP contribution < -0.4 is 0 Å². The molecule has 0 aliphatic rings. The van der Waals surface area contributed by atoms with Crippen molar-refractivity contribution in [1.82, 2.24) is 4.98 Å². The number of aliphatic hydroxyl groups excluding tert-OH is 1. The summed E-state index contributed by atoms with van der Waals surface area (Å²) < 4.78 is 61.2. The van der Waals surface area contributed by atoms with Crippen LogP contribution in [-0.2, 0) is 5.92 Å². The molecule has 16 heavy (non-hydrogen) atoms. The first-order valence-corrected chi connectivity index (χ1v) is 4.62. The summed E-state index contributed by atoms with van der Waals surface area (Å²) in [6, 6.07) is 0. The van der Waals surface area contributed by atoms with Gasteiger partial charge in [0.2, 0.25) is 0 Å². The van der Waals surface area contributed by atoms with E-state index < -0.39 is 28.9 Å². The summed E-state index contributed by atoms with van der Waals surface area (Å²) in [6.45, 7) is 0. The lowest BCUT2D eigenvalue weighted by Gasteiger charge is -2.16. The van der Waals surface area contributed by atoms with Crippen LogP contribution in [0.4, 0.5) is 22.0 Å². The molecule has 1 unspecified atom stereocenters. The fourth-order valence-electron chi connectivity index (χ4n) is 0.763. The molecule has 8 heteroatoms. The van der Waals surface area contributed by atoms with Gasteiger partial charge in [-0.15, -0.1) is 17.8 Å². The lowest BCUT2D eigenvalue weighted by Crippen LogP contribution is -2.33. The summed E-state index contributed by atoms with van der Waals surface area (Å²) in [5.74, 6) is -3.28. The zero-order chi connectivity index (χ0) is 12.6. The van der Waals surface area contributed by atoms with Gasteiger partial charge in [0, 0.05) is 5.38 Å². The number of hydrogen-bond acceptors (Lipinski definition) is 3. The number of hydrogen-bond donors (Lipinski definition) is 1. The van der Waals surface area contributed by atoms with Crippen LogP contribution in [0.15, 0.2) is 5.38 Å². The van der Waals surface area contributed by atoms with Gasteiger partial charge in [-0.3, -0.25) is 0 Å². The van der Waals surface area contributed by atoms with E-state index in [9.17, 15) is 22.0 Å². The molecule has 0 spiro atoms. The van der Waals surface area contributed by atoms with Gasteiger partial charge in [-0.25, -0.2) is 4.98 Å². The van der Waals surface area contributed by atoms with Crippen LogP contribution in [0.5, 0.6) is 0 Å². The van der Waals surface area contributed by atoms with Crippen molar-refractivity contribution in [3.05, 3.63) is 16.1 Å². The minimum atomic E-state index is -5.72. The monoisotopic (exact) mass is 257 g/mol. The predicted molar refractivity (Wildman–Crippen MR) is 45.9 cm³/mol. The molecule has 0 aliphatic carbocycles. The second kappa shape index (κ2) is 3.99. The van der Waals surface area contributed by atoms with Crippen LogP contribution in [0, 0.1) is 12.3 Å². The van der Waals surface area contributed by atoms with Gasteiger partial charge >= 0.3 is 12.1 Å². The van der Waals surface area contributed by atoms with Gasteiger partial charge in [-0.05, 0) is 0 Å². The summed E-state index contributed by atoms with van der Waals surface area (Å²) in [5.41, 5.74) is -0.397. The largest absolute Gasteiger partial charge is 0.460 e. The van der Waals surface area contributed by atoms with E-state index in [1.54, 1.807) is 5.92 Å². The van der Waals surface area contributed by atoms with Crippen LogP contribution in [0.3, 0.4) is 0 Å². The number of alkyl halides is 5. The van der Waals surface area contributed by atoms with Gasteiger partial charge < -0.3 is 5.11 Å². The zero-order valence-corrected chi connectivity index (χ0v) is 8.24. The van der Waals surface area contributed by atoms with Crippen LogP contribution >= 0.6 is 11.3 Å². The number of terminal acetylenes is 1. The van der Waals surface area contributed by atoms with Gasteiger partial charge in [0.1, 0.15) is 0 Å². The first-order chi connectivity index (χ1) is 7.20. The highest BCUT2D eigenvalue weighted by Gasteiger charge is 2.60. The molecule has 0 saturated carbocycles. The molecular weight excluding hydrogens is 253 g/mol. The number of aliphatic hydroxyl groups is 1. The van der Waals surface area contributed by atoms with E-state index in [1.165, 1.54) is 0 Å². The highest BCUT2D eigenvalue weighted by molar-refractivity contribution is 7.09. The fourth-order valence-corrected chi connectivity index (χ4v) is 1.60. The van der Waals surface area contributed by atoms with Crippen molar-refractivity contribution >= 4 is 11.3 Å². The Bertz CT molecular complexity index is 419. The molecule has 1 rings (SSSR count). The molecule has 1 aromatic rings. The van der Waals surface area contributed by atoms with Crippen molar-refractivity contribution in [2.75, 3.05) is 0 Å². The van der Waals surface area contributed by atoms with Crippen LogP contribution in [0.1, 0.15) is 16.8 Å². The lowest BCUT2D eigenvalue weighted by atomic mass is 10.3. The minimum Gasteiger partial charge on any atom is -0.374 e.